The molecule has 0 N–H and O–H groups in total. The summed E-state index contributed by atoms with van der Waals surface area (Å²) in [5, 5.41) is 0.647. The van der Waals surface area contributed by atoms with Crippen LogP contribution >= 0.6 is 12.2 Å². The lowest BCUT2D eigenvalue weighted by Crippen LogP contribution is -2.43. The lowest BCUT2D eigenvalue weighted by Gasteiger charge is -2.32. The highest BCUT2D eigenvalue weighted by atomic mass is 32.1. The van der Waals surface area contributed by atoms with E-state index in [4.69, 9.17) is 16.6 Å². The van der Waals surface area contributed by atoms with Crippen molar-refractivity contribution in [1.82, 2.24) is 0 Å². The largest absolute Gasteiger partial charge is 0.536 e. The Balaban J connectivity index is 2.13. The predicted molar refractivity (Wildman–Crippen MR) is 96.8 cm³/mol. The highest BCUT2D eigenvalue weighted by Crippen LogP contribution is 2.31. The summed E-state index contributed by atoms with van der Waals surface area (Å²) in [4.78, 5) is 0. The van der Waals surface area contributed by atoms with Crippen molar-refractivity contribution in [3.05, 3.63) is 29.8 Å². The van der Waals surface area contributed by atoms with Gasteiger partial charge in [-0.3, -0.25) is 0 Å². The van der Waals surface area contributed by atoms with Gasteiger partial charge in [0.2, 0.25) is 8.32 Å². The number of nitrogens with zero attached hydrogens (tertiary/aromatic N) is 1. The second-order valence-corrected chi connectivity index (χ2v) is 16.6. The molecule has 20 heavy (non-hydrogen) atoms. The second-order valence-electron chi connectivity index (χ2n) is 7.12. The average molecular weight is 324 g/mol. The van der Waals surface area contributed by atoms with Crippen molar-refractivity contribution >= 4 is 39.5 Å². The molecule has 110 valence electrons. The van der Waals surface area contributed by atoms with Crippen molar-refractivity contribution in [2.45, 2.75) is 45.2 Å². The highest BCUT2D eigenvalue weighted by Gasteiger charge is 2.34. The molecule has 0 atom stereocenters. The Morgan fingerprint density at radius 2 is 1.80 bits per heavy atom. The maximum Gasteiger partial charge on any atom is 0.243 e. The minimum Gasteiger partial charge on any atom is -0.536 e. The summed E-state index contributed by atoms with van der Waals surface area (Å²) < 4.78 is 8.52. The first kappa shape index (κ1) is 15.7. The first-order chi connectivity index (χ1) is 9.19. The van der Waals surface area contributed by atoms with Crippen molar-refractivity contribution in [3.8, 4) is 0 Å². The van der Waals surface area contributed by atoms with Crippen LogP contribution in [-0.4, -0.2) is 28.1 Å². The van der Waals surface area contributed by atoms with E-state index in [0.29, 0.717) is 5.05 Å². The van der Waals surface area contributed by atoms with Crippen molar-refractivity contribution < 1.29 is 4.43 Å². The van der Waals surface area contributed by atoms with Crippen LogP contribution in [0, 0.1) is 0 Å². The molecular formula is C15H25NOSSi2. The van der Waals surface area contributed by atoms with E-state index in [0.717, 1.165) is 5.56 Å². The quantitative estimate of drug-likeness (QED) is 0.594. The minimum atomic E-state index is -1.61. The van der Waals surface area contributed by atoms with Gasteiger partial charge in [0.05, 0.1) is 0 Å². The lowest BCUT2D eigenvalue weighted by atomic mass is 10.2. The third kappa shape index (κ3) is 3.71. The maximum atomic E-state index is 5.90. The smallest absolute Gasteiger partial charge is 0.243 e. The summed E-state index contributed by atoms with van der Waals surface area (Å²) in [6.07, 6.45) is 1.33. The third-order valence-electron chi connectivity index (χ3n) is 3.71. The molecule has 0 amide bonds. The van der Waals surface area contributed by atoms with E-state index >= 15 is 0 Å². The Morgan fingerprint density at radius 3 is 2.25 bits per heavy atom. The van der Waals surface area contributed by atoms with E-state index in [-0.39, 0.29) is 0 Å². The molecule has 1 saturated heterocycles. The van der Waals surface area contributed by atoms with Crippen LogP contribution in [-0.2, 0) is 4.43 Å². The fourth-order valence-electron chi connectivity index (χ4n) is 2.70. The van der Waals surface area contributed by atoms with Gasteiger partial charge in [-0.15, -0.1) is 0 Å². The van der Waals surface area contributed by atoms with Gasteiger partial charge in [0.25, 0.3) is 0 Å². The van der Waals surface area contributed by atoms with Crippen LogP contribution in [0.5, 0.6) is 0 Å². The standard InChI is InChI=1S/C15H25NOSSi2/c1-19(2,3)17-15(18)13-7-9-14(10-8-13)16-11-6-12-20(16,4)5/h7-10H,6,11-12H2,1-5H3. The number of hydrogen-bond acceptors (Lipinski definition) is 3. The van der Waals surface area contributed by atoms with E-state index in [1.807, 2.05) is 0 Å². The SMILES string of the molecule is C[Si](C)(C)OC(=S)c1ccc(N2CCC[Si]2(C)C)cc1. The molecule has 2 nitrogen and oxygen atoms in total. The topological polar surface area (TPSA) is 12.5 Å². The van der Waals surface area contributed by atoms with Gasteiger partial charge >= 0.3 is 0 Å². The average Bonchev–Trinajstić information content (AvgIpc) is 2.67. The molecule has 0 radical (unpaired) electrons. The molecule has 2 rings (SSSR count). The summed E-state index contributed by atoms with van der Waals surface area (Å²) >= 11 is 5.40. The molecule has 0 saturated carbocycles. The number of thiocarbonyl (C=S) groups is 1. The number of hydrogen-bond donors (Lipinski definition) is 0. The first-order valence-corrected chi connectivity index (χ1v) is 14.3. The van der Waals surface area contributed by atoms with Crippen LogP contribution in [0.2, 0.25) is 38.8 Å². The van der Waals surface area contributed by atoms with E-state index < -0.39 is 16.6 Å². The maximum absolute atomic E-state index is 5.90. The molecule has 1 fully saturated rings. The van der Waals surface area contributed by atoms with Gasteiger partial charge in [-0.25, -0.2) is 0 Å². The molecule has 0 bridgehead atoms. The van der Waals surface area contributed by atoms with Gasteiger partial charge in [0.1, 0.15) is 0 Å². The van der Waals surface area contributed by atoms with E-state index in [9.17, 15) is 0 Å². The zero-order chi connectivity index (χ0) is 15.0. The second kappa shape index (κ2) is 5.62. The fraction of sp³-hybridized carbons (Fsp3) is 0.533. The lowest BCUT2D eigenvalue weighted by molar-refractivity contribution is 0.568. The van der Waals surface area contributed by atoms with Gasteiger partial charge in [-0.2, -0.15) is 0 Å². The molecule has 1 heterocycles. The van der Waals surface area contributed by atoms with Gasteiger partial charge in [-0.1, -0.05) is 13.1 Å². The van der Waals surface area contributed by atoms with E-state index in [1.165, 1.54) is 24.7 Å². The molecule has 5 heteroatoms. The minimum absolute atomic E-state index is 0.647. The van der Waals surface area contributed by atoms with Crippen LogP contribution in [0.25, 0.3) is 0 Å². The molecule has 0 unspecified atom stereocenters. The summed E-state index contributed by atoms with van der Waals surface area (Å²) in [5.74, 6) is 0. The normalized spacial score (nSPS) is 18.1. The Kier molecular flexibility index (Phi) is 4.42. The monoisotopic (exact) mass is 323 g/mol. The highest BCUT2D eigenvalue weighted by molar-refractivity contribution is 7.80. The van der Waals surface area contributed by atoms with Crippen LogP contribution < -0.4 is 4.57 Å². The Labute approximate surface area is 130 Å². The molecule has 1 aromatic rings. The summed E-state index contributed by atoms with van der Waals surface area (Å²) in [7, 11) is -2.83. The van der Waals surface area contributed by atoms with Gasteiger partial charge in [-0.05, 0) is 68.6 Å². The van der Waals surface area contributed by atoms with Gasteiger partial charge < -0.3 is 8.99 Å². The van der Waals surface area contributed by atoms with Crippen molar-refractivity contribution in [2.24, 2.45) is 0 Å². The van der Waals surface area contributed by atoms with Crippen LogP contribution in [0.1, 0.15) is 12.0 Å². The predicted octanol–water partition coefficient (Wildman–Crippen LogP) is 4.63. The van der Waals surface area contributed by atoms with Crippen LogP contribution in [0.15, 0.2) is 24.3 Å². The fourth-order valence-corrected chi connectivity index (χ4v) is 7.17. The number of anilines is 1. The third-order valence-corrected chi connectivity index (χ3v) is 8.52. The molecule has 0 aliphatic carbocycles. The first-order valence-electron chi connectivity index (χ1n) is 7.30. The number of benzene rings is 1. The van der Waals surface area contributed by atoms with Crippen LogP contribution in [0.4, 0.5) is 5.69 Å². The molecule has 1 aromatic carbocycles. The van der Waals surface area contributed by atoms with E-state index in [1.54, 1.807) is 0 Å². The van der Waals surface area contributed by atoms with Gasteiger partial charge in [0.15, 0.2) is 13.3 Å². The zero-order valence-corrected chi connectivity index (χ0v) is 16.0. The molecule has 1 aliphatic rings. The Morgan fingerprint density at radius 1 is 1.20 bits per heavy atom. The van der Waals surface area contributed by atoms with E-state index in [2.05, 4.69) is 61.6 Å². The number of rotatable bonds is 3. The summed E-state index contributed by atoms with van der Waals surface area (Å²) in [6, 6.07) is 10.0. The summed E-state index contributed by atoms with van der Waals surface area (Å²) in [5.41, 5.74) is 2.38. The molecular weight excluding hydrogens is 298 g/mol. The van der Waals surface area contributed by atoms with Crippen molar-refractivity contribution in [2.75, 3.05) is 11.1 Å². The summed E-state index contributed by atoms with van der Waals surface area (Å²) in [6.45, 7) is 12.6. The molecule has 1 aliphatic heterocycles. The Hall–Kier alpha value is -0.656. The van der Waals surface area contributed by atoms with Gasteiger partial charge in [0, 0.05) is 17.8 Å². The van der Waals surface area contributed by atoms with Crippen molar-refractivity contribution in [3.63, 3.8) is 0 Å². The van der Waals surface area contributed by atoms with Crippen molar-refractivity contribution in [1.29, 1.82) is 0 Å². The molecule has 0 spiro atoms. The zero-order valence-electron chi connectivity index (χ0n) is 13.2. The van der Waals surface area contributed by atoms with Crippen LogP contribution in [0.3, 0.4) is 0 Å². The Bertz CT molecular complexity index is 494. The molecule has 0 aromatic heterocycles.